The van der Waals surface area contributed by atoms with E-state index in [4.69, 9.17) is 4.74 Å². The number of nitrogens with zero attached hydrogens (tertiary/aromatic N) is 1. The summed E-state index contributed by atoms with van der Waals surface area (Å²) in [4.78, 5) is 27.5. The summed E-state index contributed by atoms with van der Waals surface area (Å²) in [6.45, 7) is 1.32. The summed E-state index contributed by atoms with van der Waals surface area (Å²) in [5.74, 6) is -0.0504. The fraction of sp³-hybridized carbons (Fsp3) is 0.0556. The molecule has 1 heterocycles. The molecule has 0 radical (unpaired) electrons. The zero-order valence-electron chi connectivity index (χ0n) is 12.9. The molecule has 120 valence electrons. The number of rotatable bonds is 3. The third-order valence-electron chi connectivity index (χ3n) is 3.23. The molecule has 0 saturated heterocycles. The summed E-state index contributed by atoms with van der Waals surface area (Å²) in [5, 5.41) is 6.41. The summed E-state index contributed by atoms with van der Waals surface area (Å²) >= 11 is 0. The number of aromatic nitrogens is 1. The molecule has 0 bridgehead atoms. The zero-order chi connectivity index (χ0) is 16.9. The van der Waals surface area contributed by atoms with Crippen LogP contribution in [0.5, 0.6) is 5.75 Å². The Labute approximate surface area is 138 Å². The van der Waals surface area contributed by atoms with Gasteiger partial charge >= 0.3 is 12.0 Å². The van der Waals surface area contributed by atoms with Crippen LogP contribution in [0.4, 0.5) is 16.2 Å². The molecule has 2 amide bonds. The highest BCUT2D eigenvalue weighted by molar-refractivity contribution is 6.05. The van der Waals surface area contributed by atoms with Crippen molar-refractivity contribution in [1.82, 2.24) is 4.98 Å². The molecule has 1 aromatic heterocycles. The second-order valence-electron chi connectivity index (χ2n) is 5.08. The van der Waals surface area contributed by atoms with Gasteiger partial charge in [0, 0.05) is 30.3 Å². The number of benzene rings is 2. The molecule has 0 aliphatic heterocycles. The second-order valence-corrected chi connectivity index (χ2v) is 5.08. The van der Waals surface area contributed by atoms with Gasteiger partial charge in [0.25, 0.3) is 0 Å². The van der Waals surface area contributed by atoms with Crippen molar-refractivity contribution in [3.05, 3.63) is 60.8 Å². The van der Waals surface area contributed by atoms with Crippen molar-refractivity contribution in [2.45, 2.75) is 6.92 Å². The van der Waals surface area contributed by atoms with Crippen molar-refractivity contribution in [2.75, 3.05) is 10.6 Å². The van der Waals surface area contributed by atoms with Gasteiger partial charge in [-0.1, -0.05) is 24.3 Å². The maximum atomic E-state index is 12.2. The third-order valence-corrected chi connectivity index (χ3v) is 3.23. The van der Waals surface area contributed by atoms with Gasteiger partial charge in [-0.2, -0.15) is 0 Å². The lowest BCUT2D eigenvalue weighted by molar-refractivity contribution is -0.131. The monoisotopic (exact) mass is 321 g/mol. The minimum absolute atomic E-state index is 0.368. The van der Waals surface area contributed by atoms with Gasteiger partial charge < -0.3 is 15.4 Å². The van der Waals surface area contributed by atoms with Gasteiger partial charge in [-0.25, -0.2) is 4.79 Å². The smallest absolute Gasteiger partial charge is 0.323 e. The van der Waals surface area contributed by atoms with Crippen LogP contribution in [-0.4, -0.2) is 17.0 Å². The average Bonchev–Trinajstić information content (AvgIpc) is 2.55. The summed E-state index contributed by atoms with van der Waals surface area (Å²) in [6.07, 6.45) is 1.67. The van der Waals surface area contributed by atoms with Crippen LogP contribution in [0.2, 0.25) is 0 Å². The fourth-order valence-electron chi connectivity index (χ4n) is 2.29. The molecule has 0 aliphatic rings. The normalized spacial score (nSPS) is 10.2. The maximum Gasteiger partial charge on any atom is 0.323 e. The van der Waals surface area contributed by atoms with Gasteiger partial charge in [-0.3, -0.25) is 9.78 Å². The summed E-state index contributed by atoms with van der Waals surface area (Å²) < 4.78 is 4.99. The summed E-state index contributed by atoms with van der Waals surface area (Å²) in [6, 6.07) is 15.5. The number of esters is 1. The van der Waals surface area contributed by atoms with Gasteiger partial charge in [0.05, 0.1) is 11.2 Å². The highest BCUT2D eigenvalue weighted by Crippen LogP contribution is 2.21. The van der Waals surface area contributed by atoms with Crippen LogP contribution in [0.15, 0.2) is 60.8 Å². The summed E-state index contributed by atoms with van der Waals surface area (Å²) in [7, 11) is 0. The van der Waals surface area contributed by atoms with E-state index in [-0.39, 0.29) is 0 Å². The van der Waals surface area contributed by atoms with Crippen LogP contribution in [0.25, 0.3) is 10.9 Å². The molecular formula is C18H15N3O3. The SMILES string of the molecule is CC(=O)Oc1cccc(NC(=O)Nc2cccc3cccnc23)c1. The molecule has 6 nitrogen and oxygen atoms in total. The lowest BCUT2D eigenvalue weighted by Crippen LogP contribution is -2.19. The van der Waals surface area contributed by atoms with Gasteiger partial charge in [0.15, 0.2) is 0 Å². The Morgan fingerprint density at radius 1 is 1.00 bits per heavy atom. The first-order valence-corrected chi connectivity index (χ1v) is 7.32. The van der Waals surface area contributed by atoms with Gasteiger partial charge in [0.2, 0.25) is 0 Å². The van der Waals surface area contributed by atoms with E-state index in [0.717, 1.165) is 5.39 Å². The molecule has 3 rings (SSSR count). The molecule has 0 fully saturated rings. The van der Waals surface area contributed by atoms with E-state index in [1.165, 1.54) is 6.92 Å². The van der Waals surface area contributed by atoms with Crippen LogP contribution in [0.3, 0.4) is 0 Å². The van der Waals surface area contributed by atoms with E-state index < -0.39 is 12.0 Å². The number of ether oxygens (including phenoxy) is 1. The number of urea groups is 1. The van der Waals surface area contributed by atoms with Gasteiger partial charge in [-0.05, 0) is 24.3 Å². The predicted octanol–water partition coefficient (Wildman–Crippen LogP) is 3.80. The van der Waals surface area contributed by atoms with E-state index in [2.05, 4.69) is 15.6 Å². The number of pyridine rings is 1. The Morgan fingerprint density at radius 3 is 2.62 bits per heavy atom. The van der Waals surface area contributed by atoms with E-state index in [9.17, 15) is 9.59 Å². The quantitative estimate of drug-likeness (QED) is 0.568. The number of anilines is 2. The molecule has 3 aromatic rings. The highest BCUT2D eigenvalue weighted by atomic mass is 16.5. The number of hydrogen-bond acceptors (Lipinski definition) is 4. The minimum atomic E-state index is -0.418. The lowest BCUT2D eigenvalue weighted by atomic mass is 10.2. The van der Waals surface area contributed by atoms with Crippen LogP contribution >= 0.6 is 0 Å². The number of hydrogen-bond donors (Lipinski definition) is 2. The number of carbonyl (C=O) groups excluding carboxylic acids is 2. The van der Waals surface area contributed by atoms with E-state index in [1.54, 1.807) is 36.5 Å². The van der Waals surface area contributed by atoms with Crippen molar-refractivity contribution >= 4 is 34.3 Å². The molecule has 0 spiro atoms. The largest absolute Gasteiger partial charge is 0.427 e. The first-order valence-electron chi connectivity index (χ1n) is 7.32. The van der Waals surface area contributed by atoms with Crippen LogP contribution < -0.4 is 15.4 Å². The Morgan fingerprint density at radius 2 is 1.79 bits per heavy atom. The van der Waals surface area contributed by atoms with Gasteiger partial charge in [0.1, 0.15) is 5.75 Å². The van der Waals surface area contributed by atoms with E-state index in [1.807, 2.05) is 24.3 Å². The molecular weight excluding hydrogens is 306 g/mol. The molecule has 6 heteroatoms. The van der Waals surface area contributed by atoms with Gasteiger partial charge in [-0.15, -0.1) is 0 Å². The maximum absolute atomic E-state index is 12.2. The fourth-order valence-corrected chi connectivity index (χ4v) is 2.29. The molecule has 24 heavy (non-hydrogen) atoms. The number of fused-ring (bicyclic) bond motifs is 1. The molecule has 0 atom stereocenters. The topological polar surface area (TPSA) is 80.3 Å². The van der Waals surface area contributed by atoms with Crippen LogP contribution in [-0.2, 0) is 4.79 Å². The van der Waals surface area contributed by atoms with Crippen LogP contribution in [0.1, 0.15) is 6.92 Å². The van der Waals surface area contributed by atoms with Crippen molar-refractivity contribution in [2.24, 2.45) is 0 Å². The standard InChI is InChI=1S/C18H15N3O3/c1-12(22)24-15-8-3-7-14(11-15)20-18(23)21-16-9-2-5-13-6-4-10-19-17(13)16/h2-11H,1H3,(H2,20,21,23). The first kappa shape index (κ1) is 15.5. The minimum Gasteiger partial charge on any atom is -0.427 e. The molecule has 2 N–H and O–H groups in total. The van der Waals surface area contributed by atoms with E-state index in [0.29, 0.717) is 22.6 Å². The van der Waals surface area contributed by atoms with Crippen molar-refractivity contribution in [3.8, 4) is 5.75 Å². The number of para-hydroxylation sites is 1. The Hall–Kier alpha value is -3.41. The molecule has 0 saturated carbocycles. The number of carbonyl (C=O) groups is 2. The molecule has 0 unspecified atom stereocenters. The Bertz CT molecular complexity index is 903. The number of nitrogens with one attached hydrogen (secondary N) is 2. The van der Waals surface area contributed by atoms with Crippen molar-refractivity contribution in [1.29, 1.82) is 0 Å². The highest BCUT2D eigenvalue weighted by Gasteiger charge is 2.07. The van der Waals surface area contributed by atoms with Crippen molar-refractivity contribution in [3.63, 3.8) is 0 Å². The Balaban J connectivity index is 1.75. The molecule has 2 aromatic carbocycles. The summed E-state index contributed by atoms with van der Waals surface area (Å²) in [5.41, 5.74) is 1.84. The number of amides is 2. The molecule has 0 aliphatic carbocycles. The zero-order valence-corrected chi connectivity index (χ0v) is 12.9. The third kappa shape index (κ3) is 3.67. The van der Waals surface area contributed by atoms with Crippen LogP contribution in [0, 0.1) is 0 Å². The van der Waals surface area contributed by atoms with E-state index >= 15 is 0 Å². The average molecular weight is 321 g/mol. The first-order chi connectivity index (χ1) is 11.6. The second kappa shape index (κ2) is 6.78. The van der Waals surface area contributed by atoms with Crippen molar-refractivity contribution < 1.29 is 14.3 Å². The lowest BCUT2D eigenvalue weighted by Gasteiger charge is -2.10. The predicted molar refractivity (Wildman–Crippen MR) is 92.1 cm³/mol. The Kier molecular flexibility index (Phi) is 4.38.